The Kier molecular flexibility index (Phi) is 4.76. The minimum Gasteiger partial charge on any atom is -0.450 e. The molecule has 0 N–H and O–H groups in total. The second-order valence-corrected chi connectivity index (χ2v) is 7.88. The monoisotopic (exact) mass is 395 g/mol. The SMILES string of the molecule is CCCCN1C(=O)c2oc3cc(C)cc(C)c3c(=O)c2C1c1cccc(Cl)c1. The number of nitrogens with zero attached hydrogens (tertiary/aromatic N) is 1. The number of fused-ring (bicyclic) bond motifs is 2. The highest BCUT2D eigenvalue weighted by Gasteiger charge is 2.42. The number of carbonyl (C=O) groups excluding carboxylic acids is 1. The van der Waals surface area contributed by atoms with Gasteiger partial charge in [-0.2, -0.15) is 0 Å². The Bertz CT molecular complexity index is 1150. The third-order valence-electron chi connectivity index (χ3n) is 5.33. The first-order valence-electron chi connectivity index (χ1n) is 9.56. The van der Waals surface area contributed by atoms with E-state index in [2.05, 4.69) is 6.92 Å². The van der Waals surface area contributed by atoms with E-state index >= 15 is 0 Å². The van der Waals surface area contributed by atoms with Crippen LogP contribution in [0.15, 0.2) is 45.6 Å². The Morgan fingerprint density at radius 2 is 1.93 bits per heavy atom. The summed E-state index contributed by atoms with van der Waals surface area (Å²) in [7, 11) is 0. The van der Waals surface area contributed by atoms with Gasteiger partial charge in [-0.3, -0.25) is 9.59 Å². The molecule has 2 heterocycles. The highest BCUT2D eigenvalue weighted by Crippen LogP contribution is 2.39. The molecule has 0 aliphatic carbocycles. The van der Waals surface area contributed by atoms with Crippen molar-refractivity contribution >= 4 is 28.5 Å². The molecule has 144 valence electrons. The summed E-state index contributed by atoms with van der Waals surface area (Å²) in [4.78, 5) is 28.5. The van der Waals surface area contributed by atoms with Crippen LogP contribution in [0.4, 0.5) is 0 Å². The summed E-state index contributed by atoms with van der Waals surface area (Å²) < 4.78 is 6.03. The number of rotatable bonds is 4. The molecule has 0 fully saturated rings. The number of benzene rings is 2. The van der Waals surface area contributed by atoms with Crippen molar-refractivity contribution < 1.29 is 9.21 Å². The van der Waals surface area contributed by atoms with Gasteiger partial charge in [0, 0.05) is 11.6 Å². The average molecular weight is 396 g/mol. The standard InChI is InChI=1S/C23H22ClNO3/c1-4-5-9-25-20(15-7-6-8-16(24)12-15)19-21(26)18-14(3)10-13(2)11-17(18)28-22(19)23(25)27/h6-8,10-12,20H,4-5,9H2,1-3H3. The quantitative estimate of drug-likeness (QED) is 0.593. The number of hydrogen-bond donors (Lipinski definition) is 0. The van der Waals surface area contributed by atoms with Gasteiger partial charge in [0.25, 0.3) is 5.91 Å². The third-order valence-corrected chi connectivity index (χ3v) is 5.56. The summed E-state index contributed by atoms with van der Waals surface area (Å²) >= 11 is 6.21. The van der Waals surface area contributed by atoms with Crippen LogP contribution in [0.5, 0.6) is 0 Å². The minimum absolute atomic E-state index is 0.133. The van der Waals surface area contributed by atoms with Gasteiger partial charge < -0.3 is 9.32 Å². The highest BCUT2D eigenvalue weighted by molar-refractivity contribution is 6.30. The zero-order chi connectivity index (χ0) is 20.0. The van der Waals surface area contributed by atoms with Crippen LogP contribution in [0, 0.1) is 13.8 Å². The van der Waals surface area contributed by atoms with E-state index in [4.69, 9.17) is 16.0 Å². The molecule has 2 aromatic carbocycles. The summed E-state index contributed by atoms with van der Waals surface area (Å²) in [5.41, 5.74) is 3.43. The number of hydrogen-bond acceptors (Lipinski definition) is 3. The lowest BCUT2D eigenvalue weighted by Gasteiger charge is -2.25. The van der Waals surface area contributed by atoms with Gasteiger partial charge in [-0.25, -0.2) is 0 Å². The maximum absolute atomic E-state index is 13.5. The van der Waals surface area contributed by atoms with Crippen LogP contribution >= 0.6 is 11.6 Å². The molecule has 0 spiro atoms. The molecular weight excluding hydrogens is 374 g/mol. The van der Waals surface area contributed by atoms with Crippen molar-refractivity contribution in [1.29, 1.82) is 0 Å². The molecule has 1 unspecified atom stereocenters. The molecule has 0 bridgehead atoms. The molecule has 1 aromatic heterocycles. The summed E-state index contributed by atoms with van der Waals surface area (Å²) in [6.07, 6.45) is 1.80. The molecule has 4 rings (SSSR count). The van der Waals surface area contributed by atoms with Gasteiger partial charge >= 0.3 is 0 Å². The van der Waals surface area contributed by atoms with Crippen molar-refractivity contribution in [2.24, 2.45) is 0 Å². The fourth-order valence-electron chi connectivity index (χ4n) is 4.10. The number of carbonyl (C=O) groups is 1. The van der Waals surface area contributed by atoms with Gasteiger partial charge in [0.15, 0.2) is 5.43 Å². The van der Waals surface area contributed by atoms with Crippen LogP contribution in [-0.2, 0) is 0 Å². The van der Waals surface area contributed by atoms with Crippen LogP contribution in [0.25, 0.3) is 11.0 Å². The number of unbranched alkanes of at least 4 members (excludes halogenated alkanes) is 1. The van der Waals surface area contributed by atoms with Crippen LogP contribution in [0.1, 0.15) is 58.6 Å². The van der Waals surface area contributed by atoms with Crippen molar-refractivity contribution in [2.75, 3.05) is 6.54 Å². The van der Waals surface area contributed by atoms with Gasteiger partial charge in [0.2, 0.25) is 5.76 Å². The fourth-order valence-corrected chi connectivity index (χ4v) is 4.29. The van der Waals surface area contributed by atoms with Crippen LogP contribution in [0.3, 0.4) is 0 Å². The molecule has 0 saturated carbocycles. The lowest BCUT2D eigenvalue weighted by molar-refractivity contribution is 0.0725. The molecule has 5 heteroatoms. The van der Waals surface area contributed by atoms with E-state index in [0.29, 0.717) is 28.1 Å². The Morgan fingerprint density at radius 1 is 1.14 bits per heavy atom. The zero-order valence-electron chi connectivity index (χ0n) is 16.2. The van der Waals surface area contributed by atoms with Gasteiger partial charge in [0.1, 0.15) is 5.58 Å². The first kappa shape index (κ1) is 18.8. The Balaban J connectivity index is 2.01. The number of aryl methyl sites for hydroxylation is 2. The molecule has 0 radical (unpaired) electrons. The molecule has 1 aliphatic heterocycles. The van der Waals surface area contributed by atoms with Crippen molar-refractivity contribution in [2.45, 2.75) is 39.7 Å². The van der Waals surface area contributed by atoms with Crippen molar-refractivity contribution in [3.05, 3.63) is 79.7 Å². The van der Waals surface area contributed by atoms with Crippen LogP contribution in [-0.4, -0.2) is 17.4 Å². The molecule has 1 atom stereocenters. The fraction of sp³-hybridized carbons (Fsp3) is 0.304. The first-order valence-corrected chi connectivity index (χ1v) is 9.94. The lowest BCUT2D eigenvalue weighted by Crippen LogP contribution is -2.30. The van der Waals surface area contributed by atoms with E-state index in [1.807, 2.05) is 44.2 Å². The van der Waals surface area contributed by atoms with Gasteiger partial charge in [-0.1, -0.05) is 43.1 Å². The summed E-state index contributed by atoms with van der Waals surface area (Å²) in [6.45, 7) is 6.49. The lowest BCUT2D eigenvalue weighted by atomic mass is 9.97. The average Bonchev–Trinajstić information content (AvgIpc) is 2.92. The normalized spacial score (nSPS) is 16.1. The Labute approximate surface area is 168 Å². The molecule has 0 saturated heterocycles. The predicted octanol–water partition coefficient (Wildman–Crippen LogP) is 5.41. The molecule has 28 heavy (non-hydrogen) atoms. The van der Waals surface area contributed by atoms with Gasteiger partial charge in [0.05, 0.1) is 17.0 Å². The number of halogens is 1. The minimum atomic E-state index is -0.478. The highest BCUT2D eigenvalue weighted by atomic mass is 35.5. The number of amides is 1. The van der Waals surface area contributed by atoms with E-state index in [0.717, 1.165) is 29.5 Å². The van der Waals surface area contributed by atoms with Crippen molar-refractivity contribution in [3.8, 4) is 0 Å². The summed E-state index contributed by atoms with van der Waals surface area (Å²) in [5, 5.41) is 1.12. The van der Waals surface area contributed by atoms with Crippen LogP contribution < -0.4 is 5.43 Å². The maximum atomic E-state index is 13.5. The van der Waals surface area contributed by atoms with Gasteiger partial charge in [-0.05, 0) is 55.2 Å². The van der Waals surface area contributed by atoms with Gasteiger partial charge in [-0.15, -0.1) is 0 Å². The van der Waals surface area contributed by atoms with E-state index in [1.165, 1.54) is 0 Å². The Hall–Kier alpha value is -2.59. The van der Waals surface area contributed by atoms with Crippen LogP contribution in [0.2, 0.25) is 5.02 Å². The molecule has 3 aromatic rings. The van der Waals surface area contributed by atoms with E-state index in [1.54, 1.807) is 11.0 Å². The van der Waals surface area contributed by atoms with E-state index < -0.39 is 6.04 Å². The predicted molar refractivity (Wildman–Crippen MR) is 111 cm³/mol. The maximum Gasteiger partial charge on any atom is 0.290 e. The van der Waals surface area contributed by atoms with Crippen molar-refractivity contribution in [1.82, 2.24) is 4.90 Å². The Morgan fingerprint density at radius 3 is 2.64 bits per heavy atom. The topological polar surface area (TPSA) is 50.5 Å². The molecular formula is C23H22ClNO3. The zero-order valence-corrected chi connectivity index (χ0v) is 17.0. The second kappa shape index (κ2) is 7.10. The molecule has 1 amide bonds. The second-order valence-electron chi connectivity index (χ2n) is 7.44. The summed E-state index contributed by atoms with van der Waals surface area (Å²) in [6, 6.07) is 10.7. The first-order chi connectivity index (χ1) is 13.4. The summed E-state index contributed by atoms with van der Waals surface area (Å²) in [5.74, 6) is -0.0739. The largest absolute Gasteiger partial charge is 0.450 e. The smallest absolute Gasteiger partial charge is 0.290 e. The molecule has 1 aliphatic rings. The van der Waals surface area contributed by atoms with E-state index in [-0.39, 0.29) is 17.1 Å². The third kappa shape index (κ3) is 2.92. The van der Waals surface area contributed by atoms with Crippen molar-refractivity contribution in [3.63, 3.8) is 0 Å². The molecule has 4 nitrogen and oxygen atoms in total. The van der Waals surface area contributed by atoms with E-state index in [9.17, 15) is 9.59 Å².